The first kappa shape index (κ1) is 19.9. The van der Waals surface area contributed by atoms with Gasteiger partial charge in [0.2, 0.25) is 5.91 Å². The Kier molecular flexibility index (Phi) is 6.16. The van der Waals surface area contributed by atoms with Gasteiger partial charge >= 0.3 is 0 Å². The van der Waals surface area contributed by atoms with Crippen molar-refractivity contribution in [2.75, 3.05) is 63.1 Å². The fraction of sp³-hybridized carbons (Fsp3) is 0.545. The van der Waals surface area contributed by atoms with Crippen molar-refractivity contribution in [1.29, 1.82) is 0 Å². The summed E-state index contributed by atoms with van der Waals surface area (Å²) in [6.07, 6.45) is 3.93. The Morgan fingerprint density at radius 2 is 1.86 bits per heavy atom. The van der Waals surface area contributed by atoms with Crippen molar-refractivity contribution in [3.05, 3.63) is 42.1 Å². The Balaban J connectivity index is 1.27. The number of likely N-dealkylation sites (tertiary alicyclic amines) is 1. The van der Waals surface area contributed by atoms with E-state index in [-0.39, 0.29) is 5.91 Å². The summed E-state index contributed by atoms with van der Waals surface area (Å²) in [5.41, 5.74) is 2.56. The van der Waals surface area contributed by atoms with Crippen molar-refractivity contribution in [1.82, 2.24) is 19.6 Å². The summed E-state index contributed by atoms with van der Waals surface area (Å²) >= 11 is 0. The maximum atomic E-state index is 12.6. The monoisotopic (exact) mass is 396 g/mol. The van der Waals surface area contributed by atoms with Gasteiger partial charge in [0.15, 0.2) is 0 Å². The van der Waals surface area contributed by atoms with Gasteiger partial charge in [0.1, 0.15) is 5.82 Å². The molecule has 0 spiro atoms. The molecule has 0 unspecified atom stereocenters. The molecule has 0 aliphatic carbocycles. The van der Waals surface area contributed by atoms with Crippen LogP contribution in [0.3, 0.4) is 0 Å². The van der Waals surface area contributed by atoms with Crippen molar-refractivity contribution in [3.8, 4) is 0 Å². The predicted octanol–water partition coefficient (Wildman–Crippen LogP) is 2.22. The summed E-state index contributed by atoms with van der Waals surface area (Å²) in [6.45, 7) is 8.40. The third kappa shape index (κ3) is 4.97. The van der Waals surface area contributed by atoms with Crippen LogP contribution in [-0.2, 0) is 4.79 Å². The maximum absolute atomic E-state index is 12.6. The van der Waals surface area contributed by atoms with Crippen molar-refractivity contribution in [3.63, 3.8) is 0 Å². The van der Waals surface area contributed by atoms with Gasteiger partial charge in [0, 0.05) is 37.9 Å². The third-order valence-electron chi connectivity index (χ3n) is 6.08. The lowest BCUT2D eigenvalue weighted by Gasteiger charge is -2.36. The third-order valence-corrected chi connectivity index (χ3v) is 6.08. The van der Waals surface area contributed by atoms with Crippen LogP contribution in [0.1, 0.15) is 24.4 Å². The Hall–Kier alpha value is -2.38. The second kappa shape index (κ2) is 8.97. The predicted molar refractivity (Wildman–Crippen MR) is 116 cm³/mol. The smallest absolute Gasteiger partial charge is 0.239 e. The molecule has 0 saturated carbocycles. The maximum Gasteiger partial charge on any atom is 0.239 e. The van der Waals surface area contributed by atoms with Crippen LogP contribution < -0.4 is 10.2 Å². The average molecular weight is 397 g/mol. The summed E-state index contributed by atoms with van der Waals surface area (Å²) in [4.78, 5) is 19.6. The van der Waals surface area contributed by atoms with E-state index in [9.17, 15) is 4.79 Å². The van der Waals surface area contributed by atoms with Crippen molar-refractivity contribution >= 4 is 17.4 Å². The molecule has 1 aromatic heterocycles. The van der Waals surface area contributed by atoms with E-state index < -0.39 is 0 Å². The van der Waals surface area contributed by atoms with Gasteiger partial charge in [-0.3, -0.25) is 9.69 Å². The van der Waals surface area contributed by atoms with Gasteiger partial charge in [-0.1, -0.05) is 12.1 Å². The van der Waals surface area contributed by atoms with Crippen LogP contribution in [0.5, 0.6) is 0 Å². The number of piperazine rings is 1. The summed E-state index contributed by atoms with van der Waals surface area (Å²) in [5.74, 6) is 0.867. The van der Waals surface area contributed by atoms with Crippen LogP contribution in [0.15, 0.2) is 36.5 Å². The Morgan fingerprint density at radius 3 is 2.59 bits per heavy atom. The summed E-state index contributed by atoms with van der Waals surface area (Å²) in [5, 5.41) is 7.57. The standard InChI is InChI=1S/C22H32N6O/c1-18-4-3-5-20(16-18)27-14-12-26(13-15-27)17-22(29)24-21-6-9-23-28(21)19-7-10-25(2)11-8-19/h3-6,9,16,19H,7-8,10-15,17H2,1-2H3,(H,24,29). The number of piperidine rings is 1. The number of nitrogens with zero attached hydrogens (tertiary/aromatic N) is 5. The molecule has 2 aliphatic rings. The van der Waals surface area contributed by atoms with E-state index in [1.54, 1.807) is 6.20 Å². The molecule has 29 heavy (non-hydrogen) atoms. The largest absolute Gasteiger partial charge is 0.369 e. The van der Waals surface area contributed by atoms with Gasteiger partial charge in [-0.15, -0.1) is 0 Å². The lowest BCUT2D eigenvalue weighted by molar-refractivity contribution is -0.117. The SMILES string of the molecule is Cc1cccc(N2CCN(CC(=O)Nc3ccnn3C3CCN(C)CC3)CC2)c1. The van der Waals surface area contributed by atoms with Gasteiger partial charge in [-0.05, 0) is 57.6 Å². The number of carbonyl (C=O) groups is 1. The zero-order chi connectivity index (χ0) is 20.2. The minimum absolute atomic E-state index is 0.0451. The van der Waals surface area contributed by atoms with Crippen LogP contribution in [-0.4, -0.2) is 78.3 Å². The topological polar surface area (TPSA) is 56.6 Å². The first-order valence-electron chi connectivity index (χ1n) is 10.6. The van der Waals surface area contributed by atoms with E-state index in [4.69, 9.17) is 0 Å². The zero-order valence-electron chi connectivity index (χ0n) is 17.5. The second-order valence-corrected chi connectivity index (χ2v) is 8.35. The Labute approximate surface area is 173 Å². The molecule has 4 rings (SSSR count). The van der Waals surface area contributed by atoms with Crippen LogP contribution >= 0.6 is 0 Å². The number of aryl methyl sites for hydroxylation is 1. The molecule has 7 nitrogen and oxygen atoms in total. The molecule has 1 aromatic carbocycles. The normalized spacial score (nSPS) is 19.4. The molecule has 1 amide bonds. The lowest BCUT2D eigenvalue weighted by Crippen LogP contribution is -2.48. The van der Waals surface area contributed by atoms with Crippen LogP contribution in [0, 0.1) is 6.92 Å². The fourth-order valence-electron chi connectivity index (χ4n) is 4.32. The molecular weight excluding hydrogens is 364 g/mol. The lowest BCUT2D eigenvalue weighted by atomic mass is 10.1. The minimum Gasteiger partial charge on any atom is -0.369 e. The number of carbonyl (C=O) groups excluding carboxylic acids is 1. The number of nitrogens with one attached hydrogen (secondary N) is 1. The van der Waals surface area contributed by atoms with Crippen LogP contribution in [0.4, 0.5) is 11.5 Å². The van der Waals surface area contributed by atoms with Crippen LogP contribution in [0.2, 0.25) is 0 Å². The number of rotatable bonds is 5. The average Bonchev–Trinajstić information content (AvgIpc) is 3.17. The molecule has 3 heterocycles. The number of anilines is 2. The van der Waals surface area contributed by atoms with Gasteiger partial charge < -0.3 is 15.1 Å². The van der Waals surface area contributed by atoms with Crippen molar-refractivity contribution < 1.29 is 4.79 Å². The van der Waals surface area contributed by atoms with E-state index in [1.807, 2.05) is 10.7 Å². The molecule has 1 N–H and O–H groups in total. The molecule has 156 valence electrons. The summed E-state index contributed by atoms with van der Waals surface area (Å²) < 4.78 is 2.00. The number of amides is 1. The number of aromatic nitrogens is 2. The Bertz CT molecular complexity index is 818. The van der Waals surface area contributed by atoms with E-state index in [0.29, 0.717) is 12.6 Å². The molecule has 0 radical (unpaired) electrons. The van der Waals surface area contributed by atoms with E-state index in [2.05, 4.69) is 63.4 Å². The number of benzene rings is 1. The Morgan fingerprint density at radius 1 is 1.10 bits per heavy atom. The van der Waals surface area contributed by atoms with Gasteiger partial charge in [-0.25, -0.2) is 4.68 Å². The quantitative estimate of drug-likeness (QED) is 0.840. The highest BCUT2D eigenvalue weighted by atomic mass is 16.2. The first-order valence-corrected chi connectivity index (χ1v) is 10.6. The molecule has 7 heteroatoms. The molecule has 0 bridgehead atoms. The van der Waals surface area contributed by atoms with Gasteiger partial charge in [0.05, 0.1) is 18.8 Å². The highest BCUT2D eigenvalue weighted by Crippen LogP contribution is 2.24. The highest BCUT2D eigenvalue weighted by Gasteiger charge is 2.23. The number of hydrogen-bond donors (Lipinski definition) is 1. The molecule has 2 saturated heterocycles. The van der Waals surface area contributed by atoms with Crippen molar-refractivity contribution in [2.45, 2.75) is 25.8 Å². The van der Waals surface area contributed by atoms with E-state index in [0.717, 1.165) is 57.9 Å². The van der Waals surface area contributed by atoms with Gasteiger partial charge in [-0.2, -0.15) is 5.10 Å². The molecule has 2 fully saturated rings. The summed E-state index contributed by atoms with van der Waals surface area (Å²) in [7, 11) is 2.15. The van der Waals surface area contributed by atoms with Crippen molar-refractivity contribution in [2.24, 2.45) is 0 Å². The molecule has 0 atom stereocenters. The van der Waals surface area contributed by atoms with Crippen LogP contribution in [0.25, 0.3) is 0 Å². The molecule has 2 aromatic rings. The number of hydrogen-bond acceptors (Lipinski definition) is 5. The second-order valence-electron chi connectivity index (χ2n) is 8.35. The highest BCUT2D eigenvalue weighted by molar-refractivity contribution is 5.91. The first-order chi connectivity index (χ1) is 14.1. The zero-order valence-corrected chi connectivity index (χ0v) is 17.5. The van der Waals surface area contributed by atoms with Gasteiger partial charge in [0.25, 0.3) is 0 Å². The molecular formula is C22H32N6O. The minimum atomic E-state index is 0.0451. The fourth-order valence-corrected chi connectivity index (χ4v) is 4.32. The van der Waals surface area contributed by atoms with E-state index >= 15 is 0 Å². The van der Waals surface area contributed by atoms with E-state index in [1.165, 1.54) is 11.3 Å². The summed E-state index contributed by atoms with van der Waals surface area (Å²) in [6, 6.07) is 10.9. The molecule has 2 aliphatic heterocycles.